The van der Waals surface area contributed by atoms with Gasteiger partial charge in [0.15, 0.2) is 0 Å². The molecule has 5 nitrogen and oxygen atoms in total. The molecule has 0 spiro atoms. The van der Waals surface area contributed by atoms with E-state index in [0.29, 0.717) is 24.1 Å². The minimum atomic E-state index is -1.03. The molecule has 0 saturated carbocycles. The molecule has 34 heavy (non-hydrogen) atoms. The van der Waals surface area contributed by atoms with Crippen LogP contribution in [0.4, 0.5) is 5.69 Å². The maximum absolute atomic E-state index is 13.7. The van der Waals surface area contributed by atoms with E-state index >= 15 is 0 Å². The lowest BCUT2D eigenvalue weighted by molar-refractivity contribution is -0.122. The first-order valence-electron chi connectivity index (χ1n) is 11.5. The fraction of sp³-hybridized carbons (Fsp3) is 0.286. The second-order valence-electron chi connectivity index (χ2n) is 9.78. The van der Waals surface area contributed by atoms with E-state index in [0.717, 1.165) is 16.9 Å². The molecule has 0 aliphatic heterocycles. The first-order chi connectivity index (χ1) is 16.2. The molecule has 0 fully saturated rings. The Morgan fingerprint density at radius 2 is 1.50 bits per heavy atom. The van der Waals surface area contributed by atoms with Gasteiger partial charge in [0.05, 0.1) is 0 Å². The van der Waals surface area contributed by atoms with E-state index < -0.39 is 5.54 Å². The summed E-state index contributed by atoms with van der Waals surface area (Å²) in [5.74, 6) is -0.436. The Hall–Kier alpha value is -3.09. The van der Waals surface area contributed by atoms with Gasteiger partial charge in [-0.25, -0.2) is 0 Å². The summed E-state index contributed by atoms with van der Waals surface area (Å²) < 4.78 is 3.38. The predicted octanol–water partition coefficient (Wildman–Crippen LogP) is 5.38. The van der Waals surface area contributed by atoms with Crippen LogP contribution in [0.5, 0.6) is 0 Å². The Labute approximate surface area is 205 Å². The minimum Gasteiger partial charge on any atom is -0.337 e. The highest BCUT2D eigenvalue weighted by Crippen LogP contribution is 2.31. The molecular formula is C28H31N3O2S. The van der Waals surface area contributed by atoms with Crippen molar-refractivity contribution in [2.24, 2.45) is 0 Å². The summed E-state index contributed by atoms with van der Waals surface area (Å²) in [6.45, 7) is 6.33. The van der Waals surface area contributed by atoms with Crippen molar-refractivity contribution in [1.29, 1.82) is 0 Å². The number of carbonyl (C=O) groups is 2. The largest absolute Gasteiger partial charge is 0.337 e. The van der Waals surface area contributed by atoms with Crippen molar-refractivity contribution in [2.45, 2.75) is 56.0 Å². The van der Waals surface area contributed by atoms with Gasteiger partial charge in [-0.3, -0.25) is 14.3 Å². The van der Waals surface area contributed by atoms with Gasteiger partial charge < -0.3 is 10.6 Å². The average molecular weight is 474 g/mol. The number of amides is 2. The zero-order valence-electron chi connectivity index (χ0n) is 19.9. The number of rotatable bonds is 6. The van der Waals surface area contributed by atoms with Crippen LogP contribution in [0.3, 0.4) is 0 Å². The van der Waals surface area contributed by atoms with Crippen molar-refractivity contribution in [3.63, 3.8) is 0 Å². The molecule has 4 rings (SSSR count). The molecule has 3 N–H and O–H groups in total. The van der Waals surface area contributed by atoms with Crippen LogP contribution in [0, 0.1) is 0 Å². The van der Waals surface area contributed by atoms with Crippen LogP contribution >= 0.6 is 11.9 Å². The molecule has 2 amide bonds. The molecular weight excluding hydrogens is 442 g/mol. The average Bonchev–Trinajstić information content (AvgIpc) is 2.83. The van der Waals surface area contributed by atoms with E-state index in [4.69, 9.17) is 0 Å². The molecule has 176 valence electrons. The quantitative estimate of drug-likeness (QED) is 0.421. The normalized spacial score (nSPS) is 17.5. The van der Waals surface area contributed by atoms with Crippen molar-refractivity contribution in [3.8, 4) is 0 Å². The highest BCUT2D eigenvalue weighted by atomic mass is 32.2. The summed E-state index contributed by atoms with van der Waals surface area (Å²) in [6.07, 6.45) is 1.72. The van der Waals surface area contributed by atoms with E-state index in [9.17, 15) is 9.59 Å². The number of nitrogens with one attached hydrogen (secondary N) is 3. The van der Waals surface area contributed by atoms with Crippen molar-refractivity contribution in [3.05, 3.63) is 95.6 Å². The van der Waals surface area contributed by atoms with Gasteiger partial charge in [0.2, 0.25) is 5.91 Å². The highest BCUT2D eigenvalue weighted by Gasteiger charge is 2.42. The number of hydrogen-bond acceptors (Lipinski definition) is 4. The van der Waals surface area contributed by atoms with Crippen molar-refractivity contribution < 1.29 is 9.59 Å². The van der Waals surface area contributed by atoms with Gasteiger partial charge in [-0.05, 0) is 93.1 Å². The van der Waals surface area contributed by atoms with E-state index in [1.165, 1.54) is 5.56 Å². The zero-order chi connectivity index (χ0) is 24.2. The number of anilines is 1. The second-order valence-corrected chi connectivity index (χ2v) is 10.7. The summed E-state index contributed by atoms with van der Waals surface area (Å²) in [5, 5.41) is 6.15. The van der Waals surface area contributed by atoms with Crippen LogP contribution in [-0.2, 0) is 17.6 Å². The second kappa shape index (κ2) is 10.0. The maximum Gasteiger partial charge on any atom is 0.252 e. The molecule has 1 unspecified atom stereocenters. The summed E-state index contributed by atoms with van der Waals surface area (Å²) in [4.78, 5) is 27.8. The van der Waals surface area contributed by atoms with Crippen LogP contribution in [0.25, 0.3) is 0 Å². The van der Waals surface area contributed by atoms with Crippen LogP contribution in [0.1, 0.15) is 48.7 Å². The van der Waals surface area contributed by atoms with Gasteiger partial charge >= 0.3 is 0 Å². The van der Waals surface area contributed by atoms with E-state index in [-0.39, 0.29) is 17.4 Å². The summed E-state index contributed by atoms with van der Waals surface area (Å²) in [7, 11) is 0. The maximum atomic E-state index is 13.7. The Morgan fingerprint density at radius 1 is 0.853 bits per heavy atom. The minimum absolute atomic E-state index is 0.00182. The van der Waals surface area contributed by atoms with Gasteiger partial charge in [-0.2, -0.15) is 0 Å². The molecule has 3 aromatic rings. The number of benzene rings is 3. The molecule has 1 aliphatic carbocycles. The smallest absolute Gasteiger partial charge is 0.252 e. The van der Waals surface area contributed by atoms with Crippen LogP contribution < -0.4 is 15.4 Å². The Morgan fingerprint density at radius 3 is 2.18 bits per heavy atom. The molecule has 3 aromatic carbocycles. The molecule has 0 saturated heterocycles. The lowest BCUT2D eigenvalue weighted by Crippen LogP contribution is -2.59. The number of hydrogen-bond donors (Lipinski definition) is 3. The zero-order valence-corrected chi connectivity index (χ0v) is 20.7. The van der Waals surface area contributed by atoms with Crippen molar-refractivity contribution in [2.75, 3.05) is 5.32 Å². The molecule has 1 aliphatic rings. The summed E-state index contributed by atoms with van der Waals surface area (Å²) in [5.41, 5.74) is 2.55. The number of fused-ring (bicyclic) bond motifs is 1. The lowest BCUT2D eigenvalue weighted by atomic mass is 9.77. The van der Waals surface area contributed by atoms with E-state index in [1.807, 2.05) is 60.7 Å². The van der Waals surface area contributed by atoms with Gasteiger partial charge in [0.25, 0.3) is 5.91 Å². The van der Waals surface area contributed by atoms with Crippen molar-refractivity contribution >= 4 is 29.4 Å². The van der Waals surface area contributed by atoms with E-state index in [1.54, 1.807) is 24.1 Å². The molecule has 0 aromatic heterocycles. The van der Waals surface area contributed by atoms with Gasteiger partial charge in [-0.15, -0.1) is 0 Å². The fourth-order valence-electron chi connectivity index (χ4n) is 4.04. The molecule has 0 bridgehead atoms. The third-order valence-corrected chi connectivity index (χ3v) is 7.06. The monoisotopic (exact) mass is 473 g/mol. The molecule has 1 atom stereocenters. The Kier molecular flexibility index (Phi) is 7.10. The number of aryl methyl sites for hydroxylation is 1. The lowest BCUT2D eigenvalue weighted by Gasteiger charge is -2.37. The Balaban J connectivity index is 1.54. The fourth-order valence-corrected chi connectivity index (χ4v) is 4.74. The summed E-state index contributed by atoms with van der Waals surface area (Å²) in [6, 6.07) is 24.9. The van der Waals surface area contributed by atoms with Gasteiger partial charge in [0, 0.05) is 28.1 Å². The van der Waals surface area contributed by atoms with Crippen LogP contribution in [-0.4, -0.2) is 22.9 Å². The van der Waals surface area contributed by atoms with E-state index in [2.05, 4.69) is 42.2 Å². The van der Waals surface area contributed by atoms with Crippen LogP contribution in [0.15, 0.2) is 83.8 Å². The predicted molar refractivity (Wildman–Crippen MR) is 139 cm³/mol. The third-order valence-electron chi connectivity index (χ3n) is 5.84. The molecule has 6 heteroatoms. The number of carbonyl (C=O) groups excluding carboxylic acids is 2. The van der Waals surface area contributed by atoms with Gasteiger partial charge in [-0.1, -0.05) is 42.5 Å². The third kappa shape index (κ3) is 5.88. The van der Waals surface area contributed by atoms with Gasteiger partial charge in [0.1, 0.15) is 5.54 Å². The molecule has 0 radical (unpaired) electrons. The molecule has 0 heterocycles. The first kappa shape index (κ1) is 24.0. The summed E-state index contributed by atoms with van der Waals surface area (Å²) >= 11 is 1.56. The SMILES string of the molecule is CC(C)(C)NSc1ccc(NC(=O)C2(NC(=O)c3ccccc3)CCc3ccccc3C2)cc1. The van der Waals surface area contributed by atoms with Crippen LogP contribution in [0.2, 0.25) is 0 Å². The first-order valence-corrected chi connectivity index (χ1v) is 12.4. The Bertz CT molecular complexity index is 1160. The van der Waals surface area contributed by atoms with Crippen molar-refractivity contribution in [1.82, 2.24) is 10.0 Å². The highest BCUT2D eigenvalue weighted by molar-refractivity contribution is 7.97. The topological polar surface area (TPSA) is 70.2 Å². The standard InChI is InChI=1S/C28H31N3O2S/c1-27(2,3)31-34-24-15-13-23(14-16-24)29-26(33)28(30-25(32)21-10-5-4-6-11-21)18-17-20-9-7-8-12-22(20)19-28/h4-16,31H,17-19H2,1-3H3,(H,29,33)(H,30,32).